The minimum atomic E-state index is -4.67. The van der Waals surface area contributed by atoms with Crippen molar-refractivity contribution in [3.05, 3.63) is 39.9 Å². The fourth-order valence-electron chi connectivity index (χ4n) is 1.73. The van der Waals surface area contributed by atoms with Crippen LogP contribution < -0.4 is 0 Å². The Hall–Kier alpha value is -1.87. The molecule has 0 amide bonds. The first-order valence-corrected chi connectivity index (χ1v) is 7.20. The van der Waals surface area contributed by atoms with Crippen LogP contribution in [-0.2, 0) is 10.7 Å². The molecule has 5 nitrogen and oxygen atoms in total. The second-order valence-corrected chi connectivity index (χ2v) is 5.25. The molecule has 0 saturated carbocycles. The molecule has 0 unspecified atom stereocenters. The van der Waals surface area contributed by atoms with E-state index in [4.69, 9.17) is 23.2 Å². The molecule has 0 spiro atoms. The summed E-state index contributed by atoms with van der Waals surface area (Å²) in [6.45, 7) is 1.40. The summed E-state index contributed by atoms with van der Waals surface area (Å²) >= 11 is 11.6. The summed E-state index contributed by atoms with van der Waals surface area (Å²) in [5, 5.41) is 3.58. The molecule has 0 saturated heterocycles. The number of esters is 1. The number of alkyl halides is 4. The van der Waals surface area contributed by atoms with Gasteiger partial charge in [0.15, 0.2) is 0 Å². The molecular weight excluding hydrogens is 377 g/mol. The van der Waals surface area contributed by atoms with Crippen molar-refractivity contribution < 1.29 is 27.1 Å². The maximum atomic E-state index is 13.8. The second-order valence-electron chi connectivity index (χ2n) is 4.41. The summed E-state index contributed by atoms with van der Waals surface area (Å²) in [5.74, 6) is -8.03. The number of hydrogen-bond acceptors (Lipinski definition) is 4. The van der Waals surface area contributed by atoms with Gasteiger partial charge in [0, 0.05) is 5.02 Å². The fraction of sp³-hybridized carbons (Fsp3) is 0.308. The molecule has 0 fully saturated rings. The molecule has 2 rings (SSSR count). The Morgan fingerprint density at radius 3 is 2.58 bits per heavy atom. The Bertz CT molecular complexity index is 768. The summed E-state index contributed by atoms with van der Waals surface area (Å²) in [6, 6.07) is 3.67. The van der Waals surface area contributed by atoms with Crippen LogP contribution in [0.5, 0.6) is 0 Å². The number of halogens is 6. The normalized spacial score (nSPS) is 11.8. The quantitative estimate of drug-likeness (QED) is 0.574. The average molecular weight is 386 g/mol. The first-order chi connectivity index (χ1) is 11.2. The van der Waals surface area contributed by atoms with E-state index >= 15 is 0 Å². The Labute approximate surface area is 143 Å². The monoisotopic (exact) mass is 385 g/mol. The zero-order chi connectivity index (χ0) is 18.1. The molecule has 11 heteroatoms. The van der Waals surface area contributed by atoms with E-state index < -0.39 is 30.0 Å². The SMILES string of the molecule is CCOC(=O)c1nc(C(F)(F)C(F)F)n(-c2ccc(Cl)cc2Cl)n1. The molecular formula is C13H9Cl2F4N3O2. The molecule has 1 heterocycles. The minimum absolute atomic E-state index is 0.0738. The van der Waals surface area contributed by atoms with Crippen molar-refractivity contribution in [2.24, 2.45) is 0 Å². The highest BCUT2D eigenvalue weighted by molar-refractivity contribution is 6.35. The smallest absolute Gasteiger partial charge is 0.378 e. The molecule has 0 aliphatic carbocycles. The van der Waals surface area contributed by atoms with Crippen molar-refractivity contribution >= 4 is 29.2 Å². The van der Waals surface area contributed by atoms with Crippen molar-refractivity contribution in [3.8, 4) is 5.69 Å². The Kier molecular flexibility index (Phi) is 5.34. The number of aromatic nitrogens is 3. The zero-order valence-electron chi connectivity index (χ0n) is 11.9. The maximum absolute atomic E-state index is 13.8. The van der Waals surface area contributed by atoms with Gasteiger partial charge in [-0.1, -0.05) is 23.2 Å². The van der Waals surface area contributed by atoms with Crippen molar-refractivity contribution in [2.75, 3.05) is 6.61 Å². The van der Waals surface area contributed by atoms with E-state index in [9.17, 15) is 22.4 Å². The van der Waals surface area contributed by atoms with Gasteiger partial charge in [-0.25, -0.2) is 18.3 Å². The molecule has 0 aliphatic rings. The van der Waals surface area contributed by atoms with E-state index in [1.807, 2.05) is 0 Å². The lowest BCUT2D eigenvalue weighted by Gasteiger charge is -2.15. The predicted molar refractivity (Wildman–Crippen MR) is 77.2 cm³/mol. The molecule has 24 heavy (non-hydrogen) atoms. The average Bonchev–Trinajstić information content (AvgIpc) is 2.93. The van der Waals surface area contributed by atoms with E-state index in [1.165, 1.54) is 25.1 Å². The summed E-state index contributed by atoms with van der Waals surface area (Å²) in [5.41, 5.74) is -0.195. The van der Waals surface area contributed by atoms with Gasteiger partial charge < -0.3 is 4.74 Å². The first-order valence-electron chi connectivity index (χ1n) is 6.44. The van der Waals surface area contributed by atoms with Gasteiger partial charge in [0.05, 0.1) is 17.3 Å². The van der Waals surface area contributed by atoms with Crippen LogP contribution in [0.25, 0.3) is 5.69 Å². The highest BCUT2D eigenvalue weighted by atomic mass is 35.5. The molecule has 0 bridgehead atoms. The van der Waals surface area contributed by atoms with Gasteiger partial charge in [-0.15, -0.1) is 5.10 Å². The number of carbonyl (C=O) groups is 1. The molecule has 130 valence electrons. The molecule has 0 N–H and O–H groups in total. The molecule has 0 aliphatic heterocycles. The van der Waals surface area contributed by atoms with Crippen molar-refractivity contribution in [1.29, 1.82) is 0 Å². The number of benzene rings is 1. The molecule has 0 radical (unpaired) electrons. The van der Waals surface area contributed by atoms with Gasteiger partial charge in [-0.2, -0.15) is 13.8 Å². The number of rotatable bonds is 5. The third kappa shape index (κ3) is 3.46. The Morgan fingerprint density at radius 1 is 1.38 bits per heavy atom. The van der Waals surface area contributed by atoms with Crippen LogP contribution in [0.1, 0.15) is 23.4 Å². The highest BCUT2D eigenvalue weighted by Gasteiger charge is 2.48. The van der Waals surface area contributed by atoms with E-state index in [1.54, 1.807) is 0 Å². The van der Waals surface area contributed by atoms with Gasteiger partial charge in [0.25, 0.3) is 5.82 Å². The van der Waals surface area contributed by atoms with E-state index in [0.717, 1.165) is 0 Å². The van der Waals surface area contributed by atoms with Crippen LogP contribution >= 0.6 is 23.2 Å². The number of ether oxygens (including phenoxy) is 1. The highest BCUT2D eigenvalue weighted by Crippen LogP contribution is 2.36. The van der Waals surface area contributed by atoms with Gasteiger partial charge in [-0.3, -0.25) is 0 Å². The minimum Gasteiger partial charge on any atom is -0.460 e. The zero-order valence-corrected chi connectivity index (χ0v) is 13.5. The summed E-state index contributed by atoms with van der Waals surface area (Å²) < 4.78 is 58.0. The van der Waals surface area contributed by atoms with Crippen LogP contribution in [-0.4, -0.2) is 33.8 Å². The lowest BCUT2D eigenvalue weighted by atomic mass is 10.3. The maximum Gasteiger partial charge on any atom is 0.378 e. The van der Waals surface area contributed by atoms with Crippen LogP contribution in [0.2, 0.25) is 10.0 Å². The lowest BCUT2D eigenvalue weighted by Crippen LogP contribution is -2.28. The third-order valence-corrected chi connectivity index (χ3v) is 3.31. The predicted octanol–water partition coefficient (Wildman–Crippen LogP) is 4.11. The van der Waals surface area contributed by atoms with Crippen LogP contribution in [0, 0.1) is 0 Å². The fourth-order valence-corrected chi connectivity index (χ4v) is 2.22. The summed E-state index contributed by atoms with van der Waals surface area (Å²) in [4.78, 5) is 14.8. The topological polar surface area (TPSA) is 57.0 Å². The van der Waals surface area contributed by atoms with E-state index in [0.29, 0.717) is 4.68 Å². The van der Waals surface area contributed by atoms with E-state index in [2.05, 4.69) is 14.8 Å². The molecule has 0 atom stereocenters. The second kappa shape index (κ2) is 6.94. The van der Waals surface area contributed by atoms with Gasteiger partial charge >= 0.3 is 18.3 Å². The number of nitrogens with zero attached hydrogens (tertiary/aromatic N) is 3. The van der Waals surface area contributed by atoms with Gasteiger partial charge in [0.2, 0.25) is 5.82 Å². The van der Waals surface area contributed by atoms with Crippen molar-refractivity contribution in [2.45, 2.75) is 19.3 Å². The summed E-state index contributed by atoms with van der Waals surface area (Å²) in [6.07, 6.45) is -4.07. The van der Waals surface area contributed by atoms with Gasteiger partial charge in [-0.05, 0) is 25.1 Å². The summed E-state index contributed by atoms with van der Waals surface area (Å²) in [7, 11) is 0. The van der Waals surface area contributed by atoms with Gasteiger partial charge in [0.1, 0.15) is 0 Å². The molecule has 1 aromatic carbocycles. The van der Waals surface area contributed by atoms with Crippen LogP contribution in [0.3, 0.4) is 0 Å². The molecule has 1 aromatic heterocycles. The number of hydrogen-bond donors (Lipinski definition) is 0. The number of carbonyl (C=O) groups excluding carboxylic acids is 1. The lowest BCUT2D eigenvalue weighted by molar-refractivity contribution is -0.142. The Morgan fingerprint density at radius 2 is 2.04 bits per heavy atom. The van der Waals surface area contributed by atoms with E-state index in [-0.39, 0.29) is 22.3 Å². The van der Waals surface area contributed by atoms with Crippen LogP contribution in [0.4, 0.5) is 17.6 Å². The third-order valence-electron chi connectivity index (χ3n) is 2.78. The Balaban J connectivity index is 2.66. The van der Waals surface area contributed by atoms with Crippen molar-refractivity contribution in [3.63, 3.8) is 0 Å². The van der Waals surface area contributed by atoms with Crippen LogP contribution in [0.15, 0.2) is 18.2 Å². The van der Waals surface area contributed by atoms with Crippen molar-refractivity contribution in [1.82, 2.24) is 14.8 Å². The largest absolute Gasteiger partial charge is 0.460 e. The standard InChI is InChI=1S/C13H9Cl2F4N3O2/c1-2-24-10(23)9-20-12(13(18,19)11(16)17)22(21-9)8-4-3-6(14)5-7(8)15/h3-5,11H,2H2,1H3. The first kappa shape index (κ1) is 18.5. The molecule has 2 aromatic rings.